The zero-order valence-corrected chi connectivity index (χ0v) is 15.8. The molecule has 0 saturated heterocycles. The van der Waals surface area contributed by atoms with Crippen LogP contribution in [-0.4, -0.2) is 5.91 Å². The molecule has 26 heavy (non-hydrogen) atoms. The molecule has 0 aliphatic heterocycles. The number of halogens is 5. The van der Waals surface area contributed by atoms with Crippen LogP contribution in [-0.2, 0) is 6.18 Å². The van der Waals surface area contributed by atoms with Gasteiger partial charge in [0, 0.05) is 14.2 Å². The topological polar surface area (TPSA) is 42.2 Å². The fourth-order valence-electron chi connectivity index (χ4n) is 2.27. The number of rotatable bonds is 3. The van der Waals surface area contributed by atoms with Crippen molar-refractivity contribution in [1.29, 1.82) is 0 Å². The van der Waals surface area contributed by atoms with Crippen LogP contribution in [0.3, 0.4) is 0 Å². The predicted octanol–water partition coefficient (Wildman–Crippen LogP) is 6.48. The van der Waals surface area contributed by atoms with E-state index in [1.54, 1.807) is 52.9 Å². The molecule has 134 valence electrons. The average Bonchev–Trinajstić information content (AvgIpc) is 3.06. The molecule has 0 fully saturated rings. The lowest BCUT2D eigenvalue weighted by molar-refractivity contribution is -0.137. The molecule has 0 aliphatic rings. The molecule has 2 aromatic carbocycles. The molecule has 3 aromatic rings. The molecule has 0 saturated carbocycles. The summed E-state index contributed by atoms with van der Waals surface area (Å²) in [5.41, 5.74) is -0.548. The molecular weight excluding hydrogens is 482 g/mol. The SMILES string of the molecule is O=C(Nc1ccc(I)cc1C(F)(F)F)c1ccc(-c2ccc(Cl)cc2)o1. The minimum absolute atomic E-state index is 0.0957. The summed E-state index contributed by atoms with van der Waals surface area (Å²) >= 11 is 7.60. The normalized spacial score (nSPS) is 11.4. The fraction of sp³-hybridized carbons (Fsp3) is 0.0556. The minimum Gasteiger partial charge on any atom is -0.451 e. The number of hydrogen-bond donors (Lipinski definition) is 1. The molecule has 1 aromatic heterocycles. The van der Waals surface area contributed by atoms with Crippen LogP contribution in [0.25, 0.3) is 11.3 Å². The second-order valence-electron chi connectivity index (χ2n) is 5.31. The smallest absolute Gasteiger partial charge is 0.418 e. The Morgan fingerprint density at radius 2 is 1.73 bits per heavy atom. The van der Waals surface area contributed by atoms with Gasteiger partial charge in [-0.3, -0.25) is 4.79 Å². The van der Waals surface area contributed by atoms with Gasteiger partial charge in [-0.1, -0.05) is 11.6 Å². The zero-order valence-electron chi connectivity index (χ0n) is 12.9. The van der Waals surface area contributed by atoms with E-state index in [9.17, 15) is 18.0 Å². The summed E-state index contributed by atoms with van der Waals surface area (Å²) in [6.45, 7) is 0. The Balaban J connectivity index is 1.85. The largest absolute Gasteiger partial charge is 0.451 e. The number of amides is 1. The van der Waals surface area contributed by atoms with Crippen LogP contribution in [0.4, 0.5) is 18.9 Å². The number of alkyl halides is 3. The van der Waals surface area contributed by atoms with Crippen molar-refractivity contribution in [3.8, 4) is 11.3 Å². The van der Waals surface area contributed by atoms with Crippen molar-refractivity contribution in [3.63, 3.8) is 0 Å². The Bertz CT molecular complexity index is 952. The van der Waals surface area contributed by atoms with Gasteiger partial charge in [0.05, 0.1) is 11.3 Å². The van der Waals surface area contributed by atoms with Gasteiger partial charge in [0.25, 0.3) is 5.91 Å². The Kier molecular flexibility index (Phi) is 5.29. The van der Waals surface area contributed by atoms with Gasteiger partial charge < -0.3 is 9.73 Å². The molecule has 8 heteroatoms. The Hall–Kier alpha value is -2.00. The second-order valence-corrected chi connectivity index (χ2v) is 6.99. The monoisotopic (exact) mass is 491 g/mol. The van der Waals surface area contributed by atoms with Gasteiger partial charge in [0.2, 0.25) is 0 Å². The van der Waals surface area contributed by atoms with Crippen molar-refractivity contribution in [1.82, 2.24) is 0 Å². The van der Waals surface area contributed by atoms with E-state index in [1.165, 1.54) is 18.2 Å². The number of carbonyl (C=O) groups excluding carboxylic acids is 1. The average molecular weight is 492 g/mol. The molecule has 1 heterocycles. The third-order valence-electron chi connectivity index (χ3n) is 3.49. The molecular formula is C18H10ClF3INO2. The lowest BCUT2D eigenvalue weighted by Crippen LogP contribution is -2.16. The zero-order chi connectivity index (χ0) is 18.9. The van der Waals surface area contributed by atoms with Gasteiger partial charge in [-0.2, -0.15) is 13.2 Å². The Labute approximate surface area is 165 Å². The minimum atomic E-state index is -4.58. The van der Waals surface area contributed by atoms with Crippen molar-refractivity contribution in [2.75, 3.05) is 5.32 Å². The van der Waals surface area contributed by atoms with Crippen molar-refractivity contribution in [3.05, 3.63) is 74.5 Å². The van der Waals surface area contributed by atoms with Gasteiger partial charge in [-0.25, -0.2) is 0 Å². The van der Waals surface area contributed by atoms with Gasteiger partial charge in [0.1, 0.15) is 5.76 Å². The maximum absolute atomic E-state index is 13.2. The molecule has 3 rings (SSSR count). The summed E-state index contributed by atoms with van der Waals surface area (Å²) in [7, 11) is 0. The van der Waals surface area contributed by atoms with Crippen LogP contribution in [0.15, 0.2) is 59.0 Å². The van der Waals surface area contributed by atoms with Crippen molar-refractivity contribution >= 4 is 45.8 Å². The molecule has 0 bridgehead atoms. The molecule has 0 radical (unpaired) electrons. The Morgan fingerprint density at radius 1 is 1.04 bits per heavy atom. The van der Waals surface area contributed by atoms with E-state index in [-0.39, 0.29) is 11.4 Å². The highest BCUT2D eigenvalue weighted by atomic mass is 127. The molecule has 0 spiro atoms. The molecule has 0 aliphatic carbocycles. The summed E-state index contributed by atoms with van der Waals surface area (Å²) in [5.74, 6) is -0.455. The van der Waals surface area contributed by atoms with E-state index in [0.29, 0.717) is 19.9 Å². The van der Waals surface area contributed by atoms with Crippen molar-refractivity contribution in [2.45, 2.75) is 6.18 Å². The van der Waals surface area contributed by atoms with Gasteiger partial charge >= 0.3 is 6.18 Å². The van der Waals surface area contributed by atoms with Gasteiger partial charge in [-0.05, 0) is 77.2 Å². The van der Waals surface area contributed by atoms with Crippen LogP contribution in [0.5, 0.6) is 0 Å². The number of carbonyl (C=O) groups is 1. The predicted molar refractivity (Wildman–Crippen MR) is 101 cm³/mol. The molecule has 0 unspecified atom stereocenters. The number of anilines is 1. The van der Waals surface area contributed by atoms with Crippen LogP contribution in [0.1, 0.15) is 16.1 Å². The van der Waals surface area contributed by atoms with Crippen LogP contribution >= 0.6 is 34.2 Å². The second kappa shape index (κ2) is 7.32. The van der Waals surface area contributed by atoms with Gasteiger partial charge in [0.15, 0.2) is 5.76 Å². The fourth-order valence-corrected chi connectivity index (χ4v) is 2.89. The Morgan fingerprint density at radius 3 is 2.38 bits per heavy atom. The first-order chi connectivity index (χ1) is 12.2. The quantitative estimate of drug-likeness (QED) is 0.426. The summed E-state index contributed by atoms with van der Waals surface area (Å²) in [6, 6.07) is 13.4. The highest BCUT2D eigenvalue weighted by Crippen LogP contribution is 2.36. The maximum Gasteiger partial charge on any atom is 0.418 e. The maximum atomic E-state index is 13.2. The first-order valence-corrected chi connectivity index (χ1v) is 8.73. The van der Waals surface area contributed by atoms with E-state index >= 15 is 0 Å². The lowest BCUT2D eigenvalue weighted by atomic mass is 10.1. The highest BCUT2D eigenvalue weighted by molar-refractivity contribution is 14.1. The number of hydrogen-bond acceptors (Lipinski definition) is 2. The van der Waals surface area contributed by atoms with E-state index in [1.807, 2.05) is 0 Å². The van der Waals surface area contributed by atoms with E-state index in [0.717, 1.165) is 6.07 Å². The van der Waals surface area contributed by atoms with Crippen molar-refractivity contribution in [2.24, 2.45) is 0 Å². The van der Waals surface area contributed by atoms with E-state index in [4.69, 9.17) is 16.0 Å². The molecule has 1 N–H and O–H groups in total. The van der Waals surface area contributed by atoms with Crippen molar-refractivity contribution < 1.29 is 22.4 Å². The first kappa shape index (κ1) is 18.8. The van der Waals surface area contributed by atoms with Gasteiger partial charge in [-0.15, -0.1) is 0 Å². The lowest BCUT2D eigenvalue weighted by Gasteiger charge is -2.13. The molecule has 0 atom stereocenters. The number of furan rings is 1. The molecule has 1 amide bonds. The van der Waals surface area contributed by atoms with Crippen LogP contribution in [0.2, 0.25) is 5.02 Å². The highest BCUT2D eigenvalue weighted by Gasteiger charge is 2.34. The number of benzene rings is 2. The summed E-state index contributed by atoms with van der Waals surface area (Å²) in [6.07, 6.45) is -4.58. The standard InChI is InChI=1S/C18H10ClF3INO2/c19-11-3-1-10(2-4-11)15-7-8-16(26-15)17(25)24-14-6-5-12(23)9-13(14)18(20,21)22/h1-9H,(H,24,25). The van der Waals surface area contributed by atoms with E-state index < -0.39 is 17.6 Å². The summed E-state index contributed by atoms with van der Waals surface area (Å²) < 4.78 is 45.3. The van der Waals surface area contributed by atoms with E-state index in [2.05, 4.69) is 5.32 Å². The molecule has 3 nitrogen and oxygen atoms in total. The van der Waals surface area contributed by atoms with Crippen LogP contribution < -0.4 is 5.32 Å². The van der Waals surface area contributed by atoms with Crippen LogP contribution in [0, 0.1) is 3.57 Å². The third kappa shape index (κ3) is 4.21. The third-order valence-corrected chi connectivity index (χ3v) is 4.42. The first-order valence-electron chi connectivity index (χ1n) is 7.28. The summed E-state index contributed by atoms with van der Waals surface area (Å²) in [5, 5.41) is 2.81. The number of nitrogens with one attached hydrogen (secondary N) is 1. The summed E-state index contributed by atoms with van der Waals surface area (Å²) in [4.78, 5) is 12.3.